The zero-order chi connectivity index (χ0) is 16.6. The van der Waals surface area contributed by atoms with Crippen LogP contribution in [0.1, 0.15) is 6.92 Å². The number of benzene rings is 1. The molecular formula is C15H12ClFN4OS. The van der Waals surface area contributed by atoms with Gasteiger partial charge in [0.2, 0.25) is 5.65 Å². The van der Waals surface area contributed by atoms with Gasteiger partial charge in [0.15, 0.2) is 5.16 Å². The molecule has 0 fully saturated rings. The Morgan fingerprint density at radius 3 is 2.87 bits per heavy atom. The van der Waals surface area contributed by atoms with Gasteiger partial charge in [0.25, 0.3) is 0 Å². The Balaban J connectivity index is 2.07. The van der Waals surface area contributed by atoms with Crippen molar-refractivity contribution in [2.75, 3.05) is 5.75 Å². The highest BCUT2D eigenvalue weighted by molar-refractivity contribution is 7.99. The maximum absolute atomic E-state index is 13.3. The van der Waals surface area contributed by atoms with E-state index in [2.05, 4.69) is 16.8 Å². The molecule has 2 heterocycles. The Morgan fingerprint density at radius 2 is 2.17 bits per heavy atom. The van der Waals surface area contributed by atoms with E-state index in [-0.39, 0.29) is 16.2 Å². The second-order valence-electron chi connectivity index (χ2n) is 4.99. The van der Waals surface area contributed by atoms with Crippen molar-refractivity contribution in [2.45, 2.75) is 12.1 Å². The van der Waals surface area contributed by atoms with Crippen LogP contribution >= 0.6 is 23.4 Å². The Hall–Kier alpha value is -2.12. The van der Waals surface area contributed by atoms with Gasteiger partial charge in [-0.3, -0.25) is 13.8 Å². The van der Waals surface area contributed by atoms with Gasteiger partial charge < -0.3 is 0 Å². The molecule has 8 heteroatoms. The van der Waals surface area contributed by atoms with E-state index < -0.39 is 5.82 Å². The van der Waals surface area contributed by atoms with Crippen molar-refractivity contribution in [2.24, 2.45) is 0 Å². The first-order valence-electron chi connectivity index (χ1n) is 6.66. The highest BCUT2D eigenvalue weighted by Gasteiger charge is 2.12. The first kappa shape index (κ1) is 15.8. The molecule has 3 aromatic rings. The van der Waals surface area contributed by atoms with E-state index in [1.54, 1.807) is 16.8 Å². The third kappa shape index (κ3) is 3.02. The number of hydrogen-bond acceptors (Lipinski definition) is 4. The van der Waals surface area contributed by atoms with E-state index in [1.807, 2.05) is 6.92 Å². The smallest absolute Gasteiger partial charge is 0.280 e. The first-order valence-corrected chi connectivity index (χ1v) is 8.02. The van der Waals surface area contributed by atoms with Crippen LogP contribution in [0.4, 0.5) is 4.39 Å². The molecule has 118 valence electrons. The summed E-state index contributed by atoms with van der Waals surface area (Å²) in [5.74, 6) is 0.155. The van der Waals surface area contributed by atoms with Crippen LogP contribution in [0.5, 0.6) is 0 Å². The van der Waals surface area contributed by atoms with E-state index in [0.717, 1.165) is 5.57 Å². The minimum absolute atomic E-state index is 0.0477. The lowest BCUT2D eigenvalue weighted by Crippen LogP contribution is -2.20. The highest BCUT2D eigenvalue weighted by Crippen LogP contribution is 2.20. The van der Waals surface area contributed by atoms with Crippen molar-refractivity contribution >= 4 is 29.0 Å². The average Bonchev–Trinajstić information content (AvgIpc) is 2.92. The summed E-state index contributed by atoms with van der Waals surface area (Å²) in [5, 5.41) is 8.54. The van der Waals surface area contributed by atoms with Gasteiger partial charge in [0.05, 0.1) is 10.7 Å². The number of fused-ring (bicyclic) bond motifs is 1. The lowest BCUT2D eigenvalue weighted by atomic mass is 10.3. The fraction of sp³-hybridized carbons (Fsp3) is 0.133. The summed E-state index contributed by atoms with van der Waals surface area (Å²) >= 11 is 7.22. The van der Waals surface area contributed by atoms with Gasteiger partial charge in [-0.05, 0) is 25.1 Å². The molecule has 0 saturated carbocycles. The number of halogens is 2. The molecule has 0 N–H and O–H groups in total. The average molecular weight is 351 g/mol. The summed E-state index contributed by atoms with van der Waals surface area (Å²) in [6, 6.07) is 4.08. The van der Waals surface area contributed by atoms with Crippen LogP contribution in [0.15, 0.2) is 52.7 Å². The quantitative estimate of drug-likeness (QED) is 0.535. The van der Waals surface area contributed by atoms with Crippen LogP contribution < -0.4 is 5.56 Å². The van der Waals surface area contributed by atoms with Gasteiger partial charge in [-0.25, -0.2) is 4.39 Å². The molecule has 0 saturated heterocycles. The van der Waals surface area contributed by atoms with Crippen LogP contribution in [-0.2, 0) is 0 Å². The molecule has 0 aliphatic rings. The van der Waals surface area contributed by atoms with Crippen molar-refractivity contribution in [1.29, 1.82) is 0 Å². The SMILES string of the molecule is C=C(C)CSc1nnc2c(=O)n(-c3ccc(F)c(Cl)c3)ccn12. The van der Waals surface area contributed by atoms with Gasteiger partial charge >= 0.3 is 5.56 Å². The highest BCUT2D eigenvalue weighted by atomic mass is 35.5. The molecule has 0 bridgehead atoms. The van der Waals surface area contributed by atoms with E-state index in [4.69, 9.17) is 11.6 Å². The first-order chi connectivity index (χ1) is 11.0. The van der Waals surface area contributed by atoms with Crippen molar-refractivity contribution in [3.8, 4) is 5.69 Å². The van der Waals surface area contributed by atoms with Crippen molar-refractivity contribution in [3.05, 3.63) is 63.9 Å². The number of aromatic nitrogens is 4. The maximum atomic E-state index is 13.3. The van der Waals surface area contributed by atoms with Crippen molar-refractivity contribution < 1.29 is 4.39 Å². The number of nitrogens with zero attached hydrogens (tertiary/aromatic N) is 4. The molecule has 3 rings (SSSR count). The fourth-order valence-corrected chi connectivity index (χ4v) is 2.93. The Kier molecular flexibility index (Phi) is 4.23. The summed E-state index contributed by atoms with van der Waals surface area (Å²) in [5.41, 5.74) is 1.30. The third-order valence-electron chi connectivity index (χ3n) is 3.07. The minimum Gasteiger partial charge on any atom is -0.280 e. The second kappa shape index (κ2) is 6.17. The van der Waals surface area contributed by atoms with Crippen molar-refractivity contribution in [1.82, 2.24) is 19.2 Å². The predicted molar refractivity (Wildman–Crippen MR) is 89.1 cm³/mol. The molecule has 23 heavy (non-hydrogen) atoms. The largest absolute Gasteiger partial charge is 0.300 e. The summed E-state index contributed by atoms with van der Waals surface area (Å²) in [6.45, 7) is 5.75. The van der Waals surface area contributed by atoms with E-state index >= 15 is 0 Å². The van der Waals surface area contributed by atoms with Crippen LogP contribution in [0.3, 0.4) is 0 Å². The molecular weight excluding hydrogens is 339 g/mol. The van der Waals surface area contributed by atoms with E-state index in [9.17, 15) is 9.18 Å². The molecule has 0 amide bonds. The molecule has 0 atom stereocenters. The zero-order valence-corrected chi connectivity index (χ0v) is 13.7. The fourth-order valence-electron chi connectivity index (χ4n) is 1.99. The molecule has 1 aromatic carbocycles. The normalized spacial score (nSPS) is 11.1. The lowest BCUT2D eigenvalue weighted by Gasteiger charge is -2.07. The van der Waals surface area contributed by atoms with E-state index in [0.29, 0.717) is 16.6 Å². The van der Waals surface area contributed by atoms with Gasteiger partial charge in [-0.1, -0.05) is 35.5 Å². The summed E-state index contributed by atoms with van der Waals surface area (Å²) < 4.78 is 16.2. The Bertz CT molecular complexity index is 966. The van der Waals surface area contributed by atoms with Gasteiger partial charge in [0.1, 0.15) is 5.82 Å². The summed E-state index contributed by atoms with van der Waals surface area (Å²) in [7, 11) is 0. The lowest BCUT2D eigenvalue weighted by molar-refractivity contribution is 0.627. The van der Waals surface area contributed by atoms with Gasteiger partial charge in [-0.15, -0.1) is 10.2 Å². The van der Waals surface area contributed by atoms with Gasteiger partial charge in [0, 0.05) is 18.1 Å². The molecule has 0 aliphatic heterocycles. The molecule has 0 unspecified atom stereocenters. The molecule has 5 nitrogen and oxygen atoms in total. The summed E-state index contributed by atoms with van der Waals surface area (Å²) in [6.07, 6.45) is 3.27. The number of thioether (sulfide) groups is 1. The Labute approximate surface area is 140 Å². The monoisotopic (exact) mass is 350 g/mol. The number of hydrogen-bond donors (Lipinski definition) is 0. The second-order valence-corrected chi connectivity index (χ2v) is 6.34. The molecule has 2 aromatic heterocycles. The predicted octanol–water partition coefficient (Wildman–Crippen LogP) is 3.34. The minimum atomic E-state index is -0.537. The molecule has 0 aliphatic carbocycles. The van der Waals surface area contributed by atoms with Gasteiger partial charge in [-0.2, -0.15) is 0 Å². The van der Waals surface area contributed by atoms with Crippen LogP contribution in [0, 0.1) is 5.82 Å². The summed E-state index contributed by atoms with van der Waals surface area (Å²) in [4.78, 5) is 12.6. The topological polar surface area (TPSA) is 52.2 Å². The zero-order valence-electron chi connectivity index (χ0n) is 12.2. The van der Waals surface area contributed by atoms with Crippen LogP contribution in [-0.4, -0.2) is 24.9 Å². The molecule has 0 radical (unpaired) electrons. The Morgan fingerprint density at radius 1 is 1.39 bits per heavy atom. The standard InChI is InChI=1S/C15H12ClFN4OS/c1-9(2)8-23-15-19-18-13-14(22)20(5-6-21(13)15)10-3-4-12(17)11(16)7-10/h3-7H,1,8H2,2H3. The van der Waals surface area contributed by atoms with Crippen LogP contribution in [0.25, 0.3) is 11.3 Å². The van der Waals surface area contributed by atoms with E-state index in [1.165, 1.54) is 34.5 Å². The number of rotatable bonds is 4. The van der Waals surface area contributed by atoms with Crippen molar-refractivity contribution in [3.63, 3.8) is 0 Å². The maximum Gasteiger partial charge on any atom is 0.300 e. The molecule has 0 spiro atoms. The third-order valence-corrected chi connectivity index (χ3v) is 4.53. The van der Waals surface area contributed by atoms with Crippen LogP contribution in [0.2, 0.25) is 5.02 Å².